The molecular weight excluding hydrogens is 596 g/mol. The van der Waals surface area contributed by atoms with Gasteiger partial charge in [0.15, 0.2) is 18.9 Å². The van der Waals surface area contributed by atoms with Crippen LogP contribution in [0, 0.1) is 0 Å². The lowest BCUT2D eigenvalue weighted by atomic mass is 9.84. The Morgan fingerprint density at radius 1 is 0.659 bits per heavy atom. The van der Waals surface area contributed by atoms with Crippen LogP contribution in [0.25, 0.3) is 0 Å². The number of aliphatic hydroxyl groups excluding tert-OH is 7. The van der Waals surface area contributed by atoms with Crippen LogP contribution in [-0.4, -0.2) is 178 Å². The van der Waals surface area contributed by atoms with E-state index in [1.807, 2.05) is 0 Å². The van der Waals surface area contributed by atoms with Gasteiger partial charge in [-0.2, -0.15) is 0 Å². The Hall–Kier alpha value is -1.25. The summed E-state index contributed by atoms with van der Waals surface area (Å²) in [6.07, 6.45) is -20.1. The number of carbonyl (C=O) groups excluding carboxylic acids is 1. The molecule has 0 aromatic heterocycles. The first-order valence-electron chi connectivity index (χ1n) is 14.4. The van der Waals surface area contributed by atoms with Crippen molar-refractivity contribution in [2.75, 3.05) is 19.7 Å². The van der Waals surface area contributed by atoms with Gasteiger partial charge in [-0.25, -0.2) is 0 Å². The number of hydrogen-bond donors (Lipinski definition) is 13. The predicted molar refractivity (Wildman–Crippen MR) is 143 cm³/mol. The topological polar surface area (TPSA) is 356 Å². The monoisotopic (exact) mass is 642 g/mol. The molecule has 7 unspecified atom stereocenters. The molecule has 44 heavy (non-hydrogen) atoms. The molecule has 0 radical (unpaired) electrons. The second kappa shape index (κ2) is 15.1. The highest BCUT2D eigenvalue weighted by Gasteiger charge is 2.54. The summed E-state index contributed by atoms with van der Waals surface area (Å²) in [6, 6.07) is -4.34. The van der Waals surface area contributed by atoms with E-state index >= 15 is 0 Å². The Bertz CT molecular complexity index is 929. The van der Waals surface area contributed by atoms with Crippen LogP contribution in [0.4, 0.5) is 0 Å². The summed E-state index contributed by atoms with van der Waals surface area (Å²) in [6.45, 7) is -1.02. The number of nitrogens with one attached hydrogen (secondary N) is 1. The summed E-state index contributed by atoms with van der Waals surface area (Å²) >= 11 is 0. The number of rotatable bonds is 11. The summed E-state index contributed by atoms with van der Waals surface area (Å²) in [7, 11) is 0. The lowest BCUT2D eigenvalue weighted by Gasteiger charge is -2.47. The quantitative estimate of drug-likeness (QED) is 0.0930. The van der Waals surface area contributed by atoms with Crippen LogP contribution >= 0.6 is 0 Å². The number of nitrogens with two attached hydrogens (primary N) is 5. The molecular formula is C24H46N6O14. The van der Waals surface area contributed by atoms with Crippen molar-refractivity contribution in [3.63, 3.8) is 0 Å². The maximum absolute atomic E-state index is 11.3. The fraction of sp³-hybridized carbons (Fsp3) is 0.958. The van der Waals surface area contributed by atoms with E-state index in [1.165, 1.54) is 0 Å². The molecule has 0 aromatic carbocycles. The second-order valence-corrected chi connectivity index (χ2v) is 11.5. The molecule has 1 amide bonds. The zero-order valence-corrected chi connectivity index (χ0v) is 23.8. The zero-order valence-electron chi connectivity index (χ0n) is 23.8. The standard InChI is InChI=1S/C24H46N6O14/c25-2-8-14(34)16(36)11(28)22(39-8)43-20-9(3-30-5-32)40-24(18(20)38)44-21-13(33)6(26)1-7(27)19(21)42-23-12(29)17(37)15(35)10(4-31)41-23/h5-24,31,33-38H,1-4,25-29H2,(H,30,32)/t6-,7?,8+,9-,10?,11?,12?,13?,14-,15-,16?,17-,18?,19-,20+,21-,22-,23-,24+/m1/s1. The number of carbonyl (C=O) groups is 1. The van der Waals surface area contributed by atoms with E-state index in [0.717, 1.165) is 0 Å². The smallest absolute Gasteiger partial charge is 0.207 e. The summed E-state index contributed by atoms with van der Waals surface area (Å²) in [5, 5.41) is 75.3. The zero-order chi connectivity index (χ0) is 32.5. The van der Waals surface area contributed by atoms with Gasteiger partial charge in [0, 0.05) is 25.2 Å². The molecule has 19 atom stereocenters. The van der Waals surface area contributed by atoms with Gasteiger partial charge in [0.2, 0.25) is 6.41 Å². The van der Waals surface area contributed by atoms with Gasteiger partial charge >= 0.3 is 0 Å². The molecule has 3 saturated heterocycles. The first-order valence-corrected chi connectivity index (χ1v) is 14.4. The van der Waals surface area contributed by atoms with Crippen molar-refractivity contribution in [2.24, 2.45) is 28.7 Å². The van der Waals surface area contributed by atoms with Gasteiger partial charge in [-0.3, -0.25) is 4.79 Å². The van der Waals surface area contributed by atoms with E-state index < -0.39 is 123 Å². The molecule has 3 heterocycles. The van der Waals surface area contributed by atoms with Crippen molar-refractivity contribution < 1.29 is 69.0 Å². The third kappa shape index (κ3) is 7.17. The van der Waals surface area contributed by atoms with Crippen LogP contribution < -0.4 is 34.0 Å². The van der Waals surface area contributed by atoms with E-state index in [1.54, 1.807) is 0 Å². The third-order valence-electron chi connectivity index (χ3n) is 8.54. The van der Waals surface area contributed by atoms with Gasteiger partial charge in [-0.05, 0) is 6.42 Å². The van der Waals surface area contributed by atoms with Crippen LogP contribution in [0.5, 0.6) is 0 Å². The molecule has 4 fully saturated rings. The Balaban J connectivity index is 1.53. The highest BCUT2D eigenvalue weighted by molar-refractivity contribution is 5.45. The van der Waals surface area contributed by atoms with Crippen molar-refractivity contribution in [1.82, 2.24) is 5.32 Å². The average Bonchev–Trinajstić information content (AvgIpc) is 3.29. The lowest BCUT2D eigenvalue weighted by Crippen LogP contribution is -2.68. The first kappa shape index (κ1) is 35.6. The summed E-state index contributed by atoms with van der Waals surface area (Å²) in [5.74, 6) is 0. The average molecular weight is 643 g/mol. The van der Waals surface area contributed by atoms with Gasteiger partial charge in [0.05, 0.1) is 24.8 Å². The molecule has 0 spiro atoms. The van der Waals surface area contributed by atoms with Crippen molar-refractivity contribution in [3.05, 3.63) is 0 Å². The molecule has 0 aromatic rings. The number of hydrogen-bond acceptors (Lipinski definition) is 19. The summed E-state index contributed by atoms with van der Waals surface area (Å²) < 4.78 is 34.9. The maximum Gasteiger partial charge on any atom is 0.207 e. The van der Waals surface area contributed by atoms with E-state index in [-0.39, 0.29) is 19.5 Å². The van der Waals surface area contributed by atoms with Crippen molar-refractivity contribution in [2.45, 2.75) is 123 Å². The Morgan fingerprint density at radius 2 is 1.18 bits per heavy atom. The van der Waals surface area contributed by atoms with E-state index in [4.69, 9.17) is 57.1 Å². The van der Waals surface area contributed by atoms with E-state index in [2.05, 4.69) is 5.32 Å². The molecule has 0 bridgehead atoms. The van der Waals surface area contributed by atoms with Gasteiger partial charge in [0.1, 0.15) is 67.1 Å². The minimum atomic E-state index is -1.62. The number of ether oxygens (including phenoxy) is 6. The van der Waals surface area contributed by atoms with Gasteiger partial charge in [0.25, 0.3) is 0 Å². The van der Waals surface area contributed by atoms with Gasteiger partial charge in [-0.1, -0.05) is 0 Å². The van der Waals surface area contributed by atoms with Crippen LogP contribution in [0.15, 0.2) is 0 Å². The predicted octanol–water partition coefficient (Wildman–Crippen LogP) is -9.11. The van der Waals surface area contributed by atoms with Crippen LogP contribution in [-0.2, 0) is 33.2 Å². The maximum atomic E-state index is 11.3. The minimum absolute atomic E-state index is 0.0569. The highest BCUT2D eigenvalue weighted by atomic mass is 16.8. The third-order valence-corrected chi connectivity index (χ3v) is 8.54. The fourth-order valence-corrected chi connectivity index (χ4v) is 5.88. The molecule has 1 saturated carbocycles. The fourth-order valence-electron chi connectivity index (χ4n) is 5.88. The van der Waals surface area contributed by atoms with E-state index in [0.29, 0.717) is 6.41 Å². The lowest BCUT2D eigenvalue weighted by molar-refractivity contribution is -0.310. The van der Waals surface area contributed by atoms with E-state index in [9.17, 15) is 40.5 Å². The van der Waals surface area contributed by atoms with Crippen LogP contribution in [0.3, 0.4) is 0 Å². The second-order valence-electron chi connectivity index (χ2n) is 11.5. The van der Waals surface area contributed by atoms with Gasteiger partial charge in [-0.15, -0.1) is 0 Å². The van der Waals surface area contributed by atoms with Crippen LogP contribution in [0.2, 0.25) is 0 Å². The summed E-state index contributed by atoms with van der Waals surface area (Å²) in [4.78, 5) is 11.0. The Labute approximate surface area is 252 Å². The number of amides is 1. The molecule has 20 nitrogen and oxygen atoms in total. The molecule has 4 aliphatic rings. The Kier molecular flexibility index (Phi) is 12.2. The van der Waals surface area contributed by atoms with Crippen molar-refractivity contribution in [1.29, 1.82) is 0 Å². The molecule has 1 aliphatic carbocycles. The molecule has 18 N–H and O–H groups in total. The van der Waals surface area contributed by atoms with Crippen molar-refractivity contribution in [3.8, 4) is 0 Å². The van der Waals surface area contributed by atoms with Gasteiger partial charge < -0.3 is 98.2 Å². The molecule has 256 valence electrons. The van der Waals surface area contributed by atoms with Crippen molar-refractivity contribution >= 4 is 6.41 Å². The van der Waals surface area contributed by atoms with Crippen LogP contribution in [0.1, 0.15) is 6.42 Å². The minimum Gasteiger partial charge on any atom is -0.394 e. The highest BCUT2D eigenvalue weighted by Crippen LogP contribution is 2.34. The molecule has 3 aliphatic heterocycles. The Morgan fingerprint density at radius 3 is 1.75 bits per heavy atom. The summed E-state index contributed by atoms with van der Waals surface area (Å²) in [5.41, 5.74) is 30.1. The molecule has 4 rings (SSSR count). The number of aliphatic hydroxyl groups is 7. The molecule has 20 heteroatoms. The first-order chi connectivity index (χ1) is 20.8. The SMILES string of the molecule is NC[C@@H]1O[C@H](O[C@@H]2C(O)[C@H](O[C@@H]3C(O)[C@H](N)CC(N)[C@H]3O[C@H]3OC(CO)[C@@H](O)[C@H](O)C3N)O[C@@H]2CNC=O)C(N)C(O)[C@@H]1O. The normalized spacial score (nSPS) is 51.7. The largest absolute Gasteiger partial charge is 0.394 e.